The Morgan fingerprint density at radius 1 is 0.814 bits per heavy atom. The first-order valence-corrected chi connectivity index (χ1v) is 14.9. The van der Waals surface area contributed by atoms with Crippen LogP contribution in [0.3, 0.4) is 0 Å². The molecule has 1 N–H and O–H groups in total. The molecule has 43 heavy (non-hydrogen) atoms. The van der Waals surface area contributed by atoms with Crippen LogP contribution >= 0.6 is 0 Å². The summed E-state index contributed by atoms with van der Waals surface area (Å²) < 4.78 is 3.37. The molecule has 5 aromatic rings. The first kappa shape index (κ1) is 29.7. The van der Waals surface area contributed by atoms with Crippen molar-refractivity contribution in [2.45, 2.75) is 65.5 Å². The van der Waals surface area contributed by atoms with E-state index in [0.29, 0.717) is 24.5 Å². The van der Waals surface area contributed by atoms with Crippen molar-refractivity contribution in [2.24, 2.45) is 0 Å². The average Bonchev–Trinajstić information content (AvgIpc) is 3.31. The van der Waals surface area contributed by atoms with Gasteiger partial charge in [-0.15, -0.1) is 0 Å². The Balaban J connectivity index is 1.19. The van der Waals surface area contributed by atoms with E-state index in [2.05, 4.69) is 79.6 Å². The van der Waals surface area contributed by atoms with Gasteiger partial charge in [-0.25, -0.2) is 14.5 Å². The maximum Gasteiger partial charge on any atom is 0.346 e. The van der Waals surface area contributed by atoms with Gasteiger partial charge < -0.3 is 5.32 Å². The van der Waals surface area contributed by atoms with Crippen LogP contribution in [0.2, 0.25) is 0 Å². The molecule has 0 aliphatic carbocycles. The molecular weight excluding hydrogens is 534 g/mol. The van der Waals surface area contributed by atoms with Crippen molar-refractivity contribution < 1.29 is 4.79 Å². The number of amides is 1. The standard InChI is InChI=1S/C36H39N5O2/c1-5-40-33(39-41(35(40)43)25-27-19-23-30(24-20-27)36(2,3)4)16-9-11-26-17-21-28(22-18-26)31-14-10-15-32(37-31)38-34(42)29-12-7-6-8-13-29/h6-8,10,12-15,17-24H,5,9,11,16,25H2,1-4H3,(H,37,38,42). The van der Waals surface area contributed by atoms with Crippen LogP contribution in [0.1, 0.15) is 67.0 Å². The van der Waals surface area contributed by atoms with E-state index in [1.165, 1.54) is 11.1 Å². The minimum Gasteiger partial charge on any atom is -0.307 e. The Morgan fingerprint density at radius 3 is 2.19 bits per heavy atom. The lowest BCUT2D eigenvalue weighted by molar-refractivity contribution is 0.102. The Hall–Kier alpha value is -4.78. The number of nitrogens with zero attached hydrogens (tertiary/aromatic N) is 4. The van der Waals surface area contributed by atoms with Crippen LogP contribution in [0.5, 0.6) is 0 Å². The van der Waals surface area contributed by atoms with Gasteiger partial charge in [0.1, 0.15) is 11.6 Å². The van der Waals surface area contributed by atoms with Crippen LogP contribution in [0, 0.1) is 0 Å². The van der Waals surface area contributed by atoms with E-state index in [1.54, 1.807) is 27.4 Å². The molecule has 0 atom stereocenters. The molecule has 7 heteroatoms. The van der Waals surface area contributed by atoms with Gasteiger partial charge in [0.15, 0.2) is 0 Å². The maximum atomic E-state index is 13.0. The number of hydrogen-bond donors (Lipinski definition) is 1. The van der Waals surface area contributed by atoms with Crippen molar-refractivity contribution in [1.82, 2.24) is 19.3 Å². The molecule has 0 spiro atoms. The zero-order valence-electron chi connectivity index (χ0n) is 25.4. The summed E-state index contributed by atoms with van der Waals surface area (Å²) in [6.45, 7) is 9.65. The first-order chi connectivity index (χ1) is 20.7. The summed E-state index contributed by atoms with van der Waals surface area (Å²) in [4.78, 5) is 30.2. The van der Waals surface area contributed by atoms with Crippen molar-refractivity contribution in [3.8, 4) is 11.3 Å². The molecule has 0 aliphatic heterocycles. The minimum absolute atomic E-state index is 0.0589. The molecule has 1 amide bonds. The molecule has 3 aromatic carbocycles. The van der Waals surface area contributed by atoms with Gasteiger partial charge in [-0.05, 0) is 66.1 Å². The predicted molar refractivity (Wildman–Crippen MR) is 172 cm³/mol. The fourth-order valence-corrected chi connectivity index (χ4v) is 5.11. The average molecular weight is 574 g/mol. The maximum absolute atomic E-state index is 13.0. The number of rotatable bonds is 10. The third-order valence-electron chi connectivity index (χ3n) is 7.61. The Bertz CT molecular complexity index is 1730. The lowest BCUT2D eigenvalue weighted by Crippen LogP contribution is -2.25. The lowest BCUT2D eigenvalue weighted by Gasteiger charge is -2.19. The van der Waals surface area contributed by atoms with Crippen LogP contribution in [-0.2, 0) is 31.3 Å². The largest absolute Gasteiger partial charge is 0.346 e. The quantitative estimate of drug-likeness (QED) is 0.197. The Kier molecular flexibility index (Phi) is 9.00. The fourth-order valence-electron chi connectivity index (χ4n) is 5.11. The van der Waals surface area contributed by atoms with E-state index in [4.69, 9.17) is 5.10 Å². The van der Waals surface area contributed by atoms with Gasteiger partial charge in [-0.2, -0.15) is 5.10 Å². The summed E-state index contributed by atoms with van der Waals surface area (Å²) in [7, 11) is 0. The molecule has 220 valence electrons. The van der Waals surface area contributed by atoms with Crippen LogP contribution in [0.4, 0.5) is 5.82 Å². The number of aryl methyl sites for hydroxylation is 2. The first-order valence-electron chi connectivity index (χ1n) is 14.9. The van der Waals surface area contributed by atoms with Gasteiger partial charge >= 0.3 is 5.69 Å². The Morgan fingerprint density at radius 2 is 1.51 bits per heavy atom. The third kappa shape index (κ3) is 7.36. The fraction of sp³-hybridized carbons (Fsp3) is 0.278. The SMILES string of the molecule is CCn1c(CCCc2ccc(-c3cccc(NC(=O)c4ccccc4)n3)cc2)nn(Cc2ccc(C(C)(C)C)cc2)c1=O. The highest BCUT2D eigenvalue weighted by Gasteiger charge is 2.15. The van der Waals surface area contributed by atoms with Crippen LogP contribution < -0.4 is 11.0 Å². The van der Waals surface area contributed by atoms with Crippen LogP contribution in [0.25, 0.3) is 11.3 Å². The second-order valence-electron chi connectivity index (χ2n) is 11.8. The summed E-state index contributed by atoms with van der Waals surface area (Å²) in [5.41, 5.74) is 5.95. The summed E-state index contributed by atoms with van der Waals surface area (Å²) in [5, 5.41) is 7.59. The summed E-state index contributed by atoms with van der Waals surface area (Å²) >= 11 is 0. The normalized spacial score (nSPS) is 11.4. The zero-order valence-corrected chi connectivity index (χ0v) is 25.4. The second-order valence-corrected chi connectivity index (χ2v) is 11.8. The highest BCUT2D eigenvalue weighted by Crippen LogP contribution is 2.23. The monoisotopic (exact) mass is 573 g/mol. The van der Waals surface area contributed by atoms with E-state index in [9.17, 15) is 9.59 Å². The summed E-state index contributed by atoms with van der Waals surface area (Å²) in [6, 6.07) is 31.5. The van der Waals surface area contributed by atoms with Crippen molar-refractivity contribution in [3.63, 3.8) is 0 Å². The number of carbonyl (C=O) groups is 1. The number of hydrogen-bond acceptors (Lipinski definition) is 4. The van der Waals surface area contributed by atoms with Crippen LogP contribution in [0.15, 0.2) is 102 Å². The smallest absolute Gasteiger partial charge is 0.307 e. The lowest BCUT2D eigenvalue weighted by atomic mass is 9.87. The number of pyridine rings is 1. The number of carbonyl (C=O) groups excluding carboxylic acids is 1. The topological polar surface area (TPSA) is 81.8 Å². The molecule has 7 nitrogen and oxygen atoms in total. The second kappa shape index (κ2) is 13.0. The van der Waals surface area contributed by atoms with Crippen molar-refractivity contribution in [1.29, 1.82) is 0 Å². The molecule has 0 fully saturated rings. The van der Waals surface area contributed by atoms with Gasteiger partial charge in [0.2, 0.25) is 0 Å². The van der Waals surface area contributed by atoms with Crippen molar-refractivity contribution in [2.75, 3.05) is 5.32 Å². The highest BCUT2D eigenvalue weighted by atomic mass is 16.2. The van der Waals surface area contributed by atoms with Crippen molar-refractivity contribution in [3.05, 3.63) is 136 Å². The molecule has 0 aliphatic rings. The molecular formula is C36H39N5O2. The predicted octanol–water partition coefficient (Wildman–Crippen LogP) is 6.90. The van der Waals surface area contributed by atoms with Gasteiger partial charge in [-0.1, -0.05) is 93.6 Å². The van der Waals surface area contributed by atoms with E-state index < -0.39 is 0 Å². The van der Waals surface area contributed by atoms with Gasteiger partial charge in [0.25, 0.3) is 5.91 Å². The van der Waals surface area contributed by atoms with E-state index in [-0.39, 0.29) is 17.0 Å². The summed E-state index contributed by atoms with van der Waals surface area (Å²) in [5.74, 6) is 1.15. The van der Waals surface area contributed by atoms with Gasteiger partial charge in [-0.3, -0.25) is 9.36 Å². The zero-order chi connectivity index (χ0) is 30.4. The number of nitrogens with one attached hydrogen (secondary N) is 1. The van der Waals surface area contributed by atoms with Crippen LogP contribution in [-0.4, -0.2) is 25.2 Å². The van der Waals surface area contributed by atoms with E-state index >= 15 is 0 Å². The highest BCUT2D eigenvalue weighted by molar-refractivity contribution is 6.03. The number of aromatic nitrogens is 4. The van der Waals surface area contributed by atoms with E-state index in [0.717, 1.165) is 41.9 Å². The third-order valence-corrected chi connectivity index (χ3v) is 7.61. The van der Waals surface area contributed by atoms with Gasteiger partial charge in [0.05, 0.1) is 12.2 Å². The minimum atomic E-state index is -0.186. The molecule has 2 heterocycles. The number of anilines is 1. The molecule has 5 rings (SSSR count). The summed E-state index contributed by atoms with van der Waals surface area (Å²) in [6.07, 6.45) is 2.49. The molecule has 2 aromatic heterocycles. The molecule has 0 unspecified atom stereocenters. The van der Waals surface area contributed by atoms with E-state index in [1.807, 2.05) is 37.3 Å². The number of benzene rings is 3. The molecule has 0 saturated carbocycles. The van der Waals surface area contributed by atoms with Crippen molar-refractivity contribution >= 4 is 11.7 Å². The molecule has 0 radical (unpaired) electrons. The van der Waals surface area contributed by atoms with Gasteiger partial charge in [0, 0.05) is 24.1 Å². The molecule has 0 bridgehead atoms. The Labute approximate surface area is 253 Å². The molecule has 0 saturated heterocycles.